The Hall–Kier alpha value is -1.46. The average molecular weight is 293 g/mol. The van der Waals surface area contributed by atoms with Crippen LogP contribution in [0.1, 0.15) is 26.3 Å². The first-order valence-corrected chi connectivity index (χ1v) is 7.61. The van der Waals surface area contributed by atoms with Crippen LogP contribution in [0.15, 0.2) is 34.9 Å². The van der Waals surface area contributed by atoms with Gasteiger partial charge in [-0.2, -0.15) is 0 Å². The summed E-state index contributed by atoms with van der Waals surface area (Å²) in [7, 11) is 0. The van der Waals surface area contributed by atoms with Crippen LogP contribution < -0.4 is 0 Å². The first-order valence-electron chi connectivity index (χ1n) is 6.39. The zero-order chi connectivity index (χ0) is 14.9. The Morgan fingerprint density at radius 3 is 2.40 bits per heavy atom. The molecule has 2 rings (SSSR count). The summed E-state index contributed by atoms with van der Waals surface area (Å²) < 4.78 is 5.90. The zero-order valence-corrected chi connectivity index (χ0v) is 13.0. The lowest BCUT2D eigenvalue weighted by atomic mass is 10.1. The number of carbonyl (C=O) groups excluding carboxylic acids is 1. The van der Waals surface area contributed by atoms with Gasteiger partial charge in [0.05, 0.1) is 12.3 Å². The van der Waals surface area contributed by atoms with Gasteiger partial charge in [0.2, 0.25) is 5.91 Å². The SMILES string of the molecule is CSc1ccc(C2=C(CO)N(C(C)=O)C(C)(C)O2)cc1. The first kappa shape index (κ1) is 14.9. The number of hydrogen-bond acceptors (Lipinski definition) is 4. The summed E-state index contributed by atoms with van der Waals surface area (Å²) in [4.78, 5) is 14.5. The normalized spacial score (nSPS) is 17.4. The molecule has 1 aliphatic rings. The van der Waals surface area contributed by atoms with Gasteiger partial charge in [0.1, 0.15) is 0 Å². The maximum absolute atomic E-state index is 11.8. The van der Waals surface area contributed by atoms with Gasteiger partial charge in [-0.1, -0.05) is 12.1 Å². The standard InChI is InChI=1S/C15H19NO3S/c1-10(18)16-13(9-17)14(19-15(16,2)3)11-5-7-12(20-4)8-6-11/h5-8,17H,9H2,1-4H3. The predicted octanol–water partition coefficient (Wildman–Crippen LogP) is 2.68. The molecule has 1 heterocycles. The van der Waals surface area contributed by atoms with Crippen molar-refractivity contribution in [2.75, 3.05) is 12.9 Å². The number of rotatable bonds is 3. The van der Waals surface area contributed by atoms with Gasteiger partial charge in [0.15, 0.2) is 11.5 Å². The van der Waals surface area contributed by atoms with Crippen molar-refractivity contribution < 1.29 is 14.6 Å². The van der Waals surface area contributed by atoms with Crippen molar-refractivity contribution in [1.82, 2.24) is 4.90 Å². The molecule has 1 amide bonds. The van der Waals surface area contributed by atoms with E-state index in [1.54, 1.807) is 11.8 Å². The third kappa shape index (κ3) is 2.55. The molecule has 0 aromatic heterocycles. The summed E-state index contributed by atoms with van der Waals surface area (Å²) in [6.07, 6.45) is 2.01. The van der Waals surface area contributed by atoms with Crippen LogP contribution in [0, 0.1) is 0 Å². The molecule has 0 bridgehead atoms. The van der Waals surface area contributed by atoms with Gasteiger partial charge < -0.3 is 9.84 Å². The molecule has 108 valence electrons. The fourth-order valence-corrected chi connectivity index (χ4v) is 2.87. The molecule has 1 aromatic rings. The van der Waals surface area contributed by atoms with Crippen molar-refractivity contribution in [3.05, 3.63) is 35.5 Å². The smallest absolute Gasteiger partial charge is 0.226 e. The van der Waals surface area contributed by atoms with E-state index >= 15 is 0 Å². The molecule has 1 N–H and O–H groups in total. The van der Waals surface area contributed by atoms with E-state index in [9.17, 15) is 9.90 Å². The van der Waals surface area contributed by atoms with Crippen LogP contribution in [0.2, 0.25) is 0 Å². The molecular weight excluding hydrogens is 274 g/mol. The number of nitrogens with zero attached hydrogens (tertiary/aromatic N) is 1. The summed E-state index contributed by atoms with van der Waals surface area (Å²) in [5.41, 5.74) is 0.597. The van der Waals surface area contributed by atoms with E-state index in [4.69, 9.17) is 4.74 Å². The Kier molecular flexibility index (Phi) is 4.11. The Morgan fingerprint density at radius 2 is 1.95 bits per heavy atom. The summed E-state index contributed by atoms with van der Waals surface area (Å²) >= 11 is 1.66. The van der Waals surface area contributed by atoms with Crippen molar-refractivity contribution in [2.45, 2.75) is 31.4 Å². The van der Waals surface area contributed by atoms with E-state index < -0.39 is 5.72 Å². The van der Waals surface area contributed by atoms with Crippen molar-refractivity contribution in [3.63, 3.8) is 0 Å². The number of carbonyl (C=O) groups is 1. The topological polar surface area (TPSA) is 49.8 Å². The molecule has 20 heavy (non-hydrogen) atoms. The summed E-state index contributed by atoms with van der Waals surface area (Å²) in [6.45, 7) is 4.86. The Morgan fingerprint density at radius 1 is 1.35 bits per heavy atom. The average Bonchev–Trinajstić information content (AvgIpc) is 2.69. The van der Waals surface area contributed by atoms with Crippen LogP contribution in [-0.4, -0.2) is 34.5 Å². The largest absolute Gasteiger partial charge is 0.466 e. The second-order valence-electron chi connectivity index (χ2n) is 5.07. The number of amides is 1. The van der Waals surface area contributed by atoms with Gasteiger partial charge in [-0.3, -0.25) is 9.69 Å². The van der Waals surface area contributed by atoms with Gasteiger partial charge in [0, 0.05) is 17.4 Å². The minimum atomic E-state index is -0.780. The number of benzene rings is 1. The summed E-state index contributed by atoms with van der Waals surface area (Å²) in [5, 5.41) is 9.61. The molecule has 0 atom stereocenters. The van der Waals surface area contributed by atoms with Gasteiger partial charge in [0.25, 0.3) is 0 Å². The Bertz CT molecular complexity index is 549. The van der Waals surface area contributed by atoms with Gasteiger partial charge in [-0.25, -0.2) is 0 Å². The van der Waals surface area contributed by atoms with Crippen LogP contribution in [0.5, 0.6) is 0 Å². The van der Waals surface area contributed by atoms with E-state index in [2.05, 4.69) is 0 Å². The maximum Gasteiger partial charge on any atom is 0.226 e. The molecule has 1 aliphatic heterocycles. The molecule has 0 unspecified atom stereocenters. The predicted molar refractivity (Wildman–Crippen MR) is 79.9 cm³/mol. The van der Waals surface area contributed by atoms with Crippen molar-refractivity contribution in [3.8, 4) is 0 Å². The van der Waals surface area contributed by atoms with Crippen LogP contribution in [-0.2, 0) is 9.53 Å². The Balaban J connectivity index is 2.47. The number of thioether (sulfide) groups is 1. The molecule has 4 nitrogen and oxygen atoms in total. The lowest BCUT2D eigenvalue weighted by Crippen LogP contribution is -2.43. The fraction of sp³-hybridized carbons (Fsp3) is 0.400. The molecule has 0 saturated carbocycles. The third-order valence-corrected chi connectivity index (χ3v) is 3.98. The second kappa shape index (κ2) is 5.50. The number of ether oxygens (including phenoxy) is 1. The first-order chi connectivity index (χ1) is 9.40. The van der Waals surface area contributed by atoms with E-state index in [0.29, 0.717) is 11.5 Å². The van der Waals surface area contributed by atoms with E-state index in [-0.39, 0.29) is 12.5 Å². The summed E-state index contributed by atoms with van der Waals surface area (Å²) in [5.74, 6) is 0.426. The van der Waals surface area contributed by atoms with Crippen LogP contribution >= 0.6 is 11.8 Å². The fourth-order valence-electron chi connectivity index (χ4n) is 2.46. The molecule has 5 heteroatoms. The highest BCUT2D eigenvalue weighted by Crippen LogP contribution is 2.39. The highest BCUT2D eigenvalue weighted by atomic mass is 32.2. The highest BCUT2D eigenvalue weighted by Gasteiger charge is 2.42. The van der Waals surface area contributed by atoms with Crippen molar-refractivity contribution in [1.29, 1.82) is 0 Å². The monoisotopic (exact) mass is 293 g/mol. The number of aliphatic hydroxyl groups is 1. The van der Waals surface area contributed by atoms with Gasteiger partial charge in [-0.15, -0.1) is 11.8 Å². The molecule has 0 aliphatic carbocycles. The lowest BCUT2D eigenvalue weighted by Gasteiger charge is -2.30. The molecule has 0 spiro atoms. The summed E-state index contributed by atoms with van der Waals surface area (Å²) in [6, 6.07) is 7.87. The quantitative estimate of drug-likeness (QED) is 0.871. The minimum Gasteiger partial charge on any atom is -0.466 e. The van der Waals surface area contributed by atoms with Crippen molar-refractivity contribution >= 4 is 23.4 Å². The highest BCUT2D eigenvalue weighted by molar-refractivity contribution is 7.98. The molecule has 0 fully saturated rings. The third-order valence-electron chi connectivity index (χ3n) is 3.24. The second-order valence-corrected chi connectivity index (χ2v) is 5.95. The molecule has 0 radical (unpaired) electrons. The lowest BCUT2D eigenvalue weighted by molar-refractivity contribution is -0.140. The molecular formula is C15H19NO3S. The van der Waals surface area contributed by atoms with Crippen LogP contribution in [0.25, 0.3) is 5.76 Å². The van der Waals surface area contributed by atoms with Gasteiger partial charge >= 0.3 is 0 Å². The van der Waals surface area contributed by atoms with E-state index in [1.807, 2.05) is 44.4 Å². The van der Waals surface area contributed by atoms with E-state index in [1.165, 1.54) is 11.8 Å². The molecule has 1 aromatic carbocycles. The van der Waals surface area contributed by atoms with Crippen LogP contribution in [0.3, 0.4) is 0 Å². The van der Waals surface area contributed by atoms with E-state index in [0.717, 1.165) is 10.5 Å². The maximum atomic E-state index is 11.8. The number of aliphatic hydroxyl groups excluding tert-OH is 1. The number of hydrogen-bond donors (Lipinski definition) is 1. The van der Waals surface area contributed by atoms with Gasteiger partial charge in [-0.05, 0) is 32.2 Å². The zero-order valence-electron chi connectivity index (χ0n) is 12.1. The minimum absolute atomic E-state index is 0.144. The molecule has 0 saturated heterocycles. The van der Waals surface area contributed by atoms with Crippen LogP contribution in [0.4, 0.5) is 0 Å². The Labute approximate surface area is 123 Å². The van der Waals surface area contributed by atoms with Crippen molar-refractivity contribution in [2.24, 2.45) is 0 Å².